The van der Waals surface area contributed by atoms with Crippen molar-refractivity contribution >= 4 is 31.9 Å². The summed E-state index contributed by atoms with van der Waals surface area (Å²) in [5.41, 5.74) is 1.05. The molecule has 0 amide bonds. The first-order chi connectivity index (χ1) is 6.20. The summed E-state index contributed by atoms with van der Waals surface area (Å²) in [6, 6.07) is 8.15. The fourth-order valence-electron chi connectivity index (χ4n) is 1.20. The number of hydrogen-bond acceptors (Lipinski definition) is 1. The van der Waals surface area contributed by atoms with Crippen molar-refractivity contribution in [3.63, 3.8) is 0 Å². The number of benzene rings is 1. The Balaban J connectivity index is 3.20. The molecule has 1 aromatic rings. The molecule has 0 heterocycles. The van der Waals surface area contributed by atoms with Crippen LogP contribution in [0, 0.1) is 11.3 Å². The van der Waals surface area contributed by atoms with Crippen LogP contribution in [0.1, 0.15) is 24.8 Å². The van der Waals surface area contributed by atoms with Gasteiger partial charge in [0.2, 0.25) is 0 Å². The van der Waals surface area contributed by atoms with Crippen LogP contribution in [0.5, 0.6) is 0 Å². The first-order valence-corrected chi connectivity index (χ1v) is 5.62. The van der Waals surface area contributed by atoms with Crippen LogP contribution in [0.2, 0.25) is 0 Å². The minimum atomic E-state index is -0.0371. The van der Waals surface area contributed by atoms with E-state index in [-0.39, 0.29) is 5.92 Å². The van der Waals surface area contributed by atoms with Crippen molar-refractivity contribution in [3.05, 3.63) is 32.7 Å². The maximum Gasteiger partial charge on any atom is 0.0732 e. The molecule has 0 fully saturated rings. The Morgan fingerprint density at radius 1 is 1.38 bits per heavy atom. The highest BCUT2D eigenvalue weighted by atomic mass is 79.9. The number of nitriles is 1. The molecule has 0 N–H and O–H groups in total. The molecule has 0 aliphatic heterocycles. The Morgan fingerprint density at radius 2 is 1.92 bits per heavy atom. The van der Waals surface area contributed by atoms with Crippen molar-refractivity contribution in [2.75, 3.05) is 0 Å². The predicted molar refractivity (Wildman–Crippen MR) is 60.5 cm³/mol. The Labute approximate surface area is 95.0 Å². The average molecular weight is 303 g/mol. The van der Waals surface area contributed by atoms with E-state index < -0.39 is 0 Å². The van der Waals surface area contributed by atoms with Gasteiger partial charge in [0.25, 0.3) is 0 Å². The fraction of sp³-hybridized carbons (Fsp3) is 0.300. The highest BCUT2D eigenvalue weighted by molar-refractivity contribution is 9.11. The average Bonchev–Trinajstić information content (AvgIpc) is 2.11. The number of rotatable bonds is 2. The molecular weight excluding hydrogens is 294 g/mol. The molecule has 1 rings (SSSR count). The van der Waals surface area contributed by atoms with Crippen molar-refractivity contribution in [2.45, 2.75) is 19.3 Å². The topological polar surface area (TPSA) is 23.8 Å². The van der Waals surface area contributed by atoms with Crippen LogP contribution in [0.4, 0.5) is 0 Å². The van der Waals surface area contributed by atoms with Gasteiger partial charge in [-0.05, 0) is 24.1 Å². The van der Waals surface area contributed by atoms with Crippen LogP contribution in [0.15, 0.2) is 27.1 Å². The van der Waals surface area contributed by atoms with Crippen LogP contribution in [-0.4, -0.2) is 0 Å². The summed E-state index contributed by atoms with van der Waals surface area (Å²) in [4.78, 5) is 0. The lowest BCUT2D eigenvalue weighted by molar-refractivity contribution is 0.810. The van der Waals surface area contributed by atoms with Crippen molar-refractivity contribution < 1.29 is 0 Å². The lowest BCUT2D eigenvalue weighted by atomic mass is 9.98. The summed E-state index contributed by atoms with van der Waals surface area (Å²) in [7, 11) is 0. The molecule has 1 nitrogen and oxygen atoms in total. The smallest absolute Gasteiger partial charge is 0.0732 e. The molecule has 1 unspecified atom stereocenters. The van der Waals surface area contributed by atoms with E-state index in [0.717, 1.165) is 20.9 Å². The second-order valence-electron chi connectivity index (χ2n) is 2.73. The lowest BCUT2D eigenvalue weighted by Gasteiger charge is -2.10. The minimum Gasteiger partial charge on any atom is -0.198 e. The Hall–Kier alpha value is -0.330. The molecule has 0 spiro atoms. The van der Waals surface area contributed by atoms with E-state index in [1.807, 2.05) is 25.1 Å². The summed E-state index contributed by atoms with van der Waals surface area (Å²) in [5, 5.41) is 8.94. The van der Waals surface area contributed by atoms with E-state index >= 15 is 0 Å². The molecular formula is C10H9Br2N. The largest absolute Gasteiger partial charge is 0.198 e. The third-order valence-corrected chi connectivity index (χ3v) is 3.30. The minimum absolute atomic E-state index is 0.0371. The molecule has 0 saturated carbocycles. The molecule has 0 saturated heterocycles. The summed E-state index contributed by atoms with van der Waals surface area (Å²) >= 11 is 6.90. The van der Waals surface area contributed by atoms with Crippen molar-refractivity contribution in [1.29, 1.82) is 5.26 Å². The molecule has 1 atom stereocenters. The zero-order chi connectivity index (χ0) is 9.84. The van der Waals surface area contributed by atoms with Crippen molar-refractivity contribution in [2.24, 2.45) is 0 Å². The summed E-state index contributed by atoms with van der Waals surface area (Å²) in [6.07, 6.45) is 0.831. The van der Waals surface area contributed by atoms with Gasteiger partial charge in [0.1, 0.15) is 0 Å². The quantitative estimate of drug-likeness (QED) is 0.802. The first kappa shape index (κ1) is 10.7. The van der Waals surface area contributed by atoms with Gasteiger partial charge >= 0.3 is 0 Å². The van der Waals surface area contributed by atoms with Gasteiger partial charge < -0.3 is 0 Å². The zero-order valence-corrected chi connectivity index (χ0v) is 10.4. The molecule has 13 heavy (non-hydrogen) atoms. The fourth-order valence-corrected chi connectivity index (χ4v) is 2.75. The zero-order valence-electron chi connectivity index (χ0n) is 7.22. The van der Waals surface area contributed by atoms with Crippen LogP contribution < -0.4 is 0 Å². The van der Waals surface area contributed by atoms with E-state index in [1.54, 1.807) is 0 Å². The molecule has 3 heteroatoms. The van der Waals surface area contributed by atoms with Gasteiger partial charge in [-0.15, -0.1) is 0 Å². The standard InChI is InChI=1S/C10H9Br2N/c1-2-7(6-13)10-8(11)4-3-5-9(10)12/h3-5,7H,2H2,1H3. The number of hydrogen-bond donors (Lipinski definition) is 0. The normalized spacial score (nSPS) is 12.2. The summed E-state index contributed by atoms with van der Waals surface area (Å²) in [5.74, 6) is -0.0371. The second-order valence-corrected chi connectivity index (χ2v) is 4.43. The molecule has 1 aromatic carbocycles. The van der Waals surface area contributed by atoms with Gasteiger partial charge in [0.15, 0.2) is 0 Å². The highest BCUT2D eigenvalue weighted by Gasteiger charge is 2.14. The van der Waals surface area contributed by atoms with E-state index in [9.17, 15) is 0 Å². The second kappa shape index (κ2) is 4.78. The molecule has 0 aliphatic rings. The van der Waals surface area contributed by atoms with Crippen LogP contribution >= 0.6 is 31.9 Å². The maximum atomic E-state index is 8.94. The van der Waals surface area contributed by atoms with Gasteiger partial charge in [-0.25, -0.2) is 0 Å². The van der Waals surface area contributed by atoms with Crippen LogP contribution in [-0.2, 0) is 0 Å². The van der Waals surface area contributed by atoms with E-state index in [4.69, 9.17) is 5.26 Å². The lowest BCUT2D eigenvalue weighted by Crippen LogP contribution is -1.96. The summed E-state index contributed by atoms with van der Waals surface area (Å²) < 4.78 is 1.99. The molecule has 0 aromatic heterocycles. The highest BCUT2D eigenvalue weighted by Crippen LogP contribution is 2.33. The van der Waals surface area contributed by atoms with Crippen molar-refractivity contribution in [3.8, 4) is 6.07 Å². The molecule has 0 radical (unpaired) electrons. The van der Waals surface area contributed by atoms with E-state index in [1.165, 1.54) is 0 Å². The third kappa shape index (κ3) is 2.32. The van der Waals surface area contributed by atoms with Gasteiger partial charge in [-0.3, -0.25) is 0 Å². The van der Waals surface area contributed by atoms with Gasteiger partial charge in [-0.2, -0.15) is 5.26 Å². The summed E-state index contributed by atoms with van der Waals surface area (Å²) in [6.45, 7) is 2.01. The number of halogens is 2. The molecule has 68 valence electrons. The van der Waals surface area contributed by atoms with Gasteiger partial charge in [0.05, 0.1) is 12.0 Å². The van der Waals surface area contributed by atoms with Crippen molar-refractivity contribution in [1.82, 2.24) is 0 Å². The van der Waals surface area contributed by atoms with Crippen LogP contribution in [0.3, 0.4) is 0 Å². The van der Waals surface area contributed by atoms with Crippen LogP contribution in [0.25, 0.3) is 0 Å². The SMILES string of the molecule is CCC(C#N)c1c(Br)cccc1Br. The molecule has 0 aliphatic carbocycles. The van der Waals surface area contributed by atoms with Gasteiger partial charge in [-0.1, -0.05) is 44.8 Å². The maximum absolute atomic E-state index is 8.94. The first-order valence-electron chi connectivity index (χ1n) is 4.04. The Bertz CT molecular complexity index is 321. The monoisotopic (exact) mass is 301 g/mol. The Kier molecular flexibility index (Phi) is 3.95. The van der Waals surface area contributed by atoms with E-state index in [2.05, 4.69) is 37.9 Å². The third-order valence-electron chi connectivity index (χ3n) is 1.91. The van der Waals surface area contributed by atoms with E-state index in [0.29, 0.717) is 0 Å². The predicted octanol–water partition coefficient (Wildman–Crippen LogP) is 4.23. The molecule has 0 bridgehead atoms. The Morgan fingerprint density at radius 3 is 2.31 bits per heavy atom. The number of nitrogens with zero attached hydrogens (tertiary/aromatic N) is 1. The van der Waals surface area contributed by atoms with Gasteiger partial charge in [0, 0.05) is 8.95 Å².